The first-order valence-electron chi connectivity index (χ1n) is 5.21. The molecule has 17 heavy (non-hydrogen) atoms. The fourth-order valence-electron chi connectivity index (χ4n) is 1.06. The molecule has 0 saturated heterocycles. The molecule has 1 aromatic heterocycles. The van der Waals surface area contributed by atoms with Gasteiger partial charge in [0.05, 0.1) is 11.9 Å². The SMILES string of the molecule is CC(C)N(C)C(=O)Nc1ccc(C(N)=O)nc1. The molecule has 0 aliphatic heterocycles. The number of pyridine rings is 1. The van der Waals surface area contributed by atoms with Crippen molar-refractivity contribution < 1.29 is 9.59 Å². The largest absolute Gasteiger partial charge is 0.364 e. The predicted octanol–water partition coefficient (Wildman–Crippen LogP) is 1.05. The molecule has 0 aliphatic rings. The van der Waals surface area contributed by atoms with Gasteiger partial charge in [-0.25, -0.2) is 9.78 Å². The summed E-state index contributed by atoms with van der Waals surface area (Å²) in [6.45, 7) is 3.82. The number of nitrogens with two attached hydrogens (primary N) is 1. The molecule has 1 heterocycles. The molecule has 0 fully saturated rings. The lowest BCUT2D eigenvalue weighted by Crippen LogP contribution is -2.36. The topological polar surface area (TPSA) is 88.3 Å². The third-order valence-corrected chi connectivity index (χ3v) is 2.36. The zero-order valence-electron chi connectivity index (χ0n) is 10.1. The number of urea groups is 1. The monoisotopic (exact) mass is 236 g/mol. The fraction of sp³-hybridized carbons (Fsp3) is 0.364. The fourth-order valence-corrected chi connectivity index (χ4v) is 1.06. The number of primary amides is 1. The van der Waals surface area contributed by atoms with Crippen molar-refractivity contribution in [1.82, 2.24) is 9.88 Å². The lowest BCUT2D eigenvalue weighted by Gasteiger charge is -2.21. The summed E-state index contributed by atoms with van der Waals surface area (Å²) in [5.74, 6) is -0.595. The highest BCUT2D eigenvalue weighted by Gasteiger charge is 2.12. The first kappa shape index (κ1) is 13.0. The van der Waals surface area contributed by atoms with Crippen LogP contribution >= 0.6 is 0 Å². The van der Waals surface area contributed by atoms with E-state index in [2.05, 4.69) is 10.3 Å². The van der Waals surface area contributed by atoms with Gasteiger partial charge in [-0.3, -0.25) is 4.79 Å². The zero-order valence-corrected chi connectivity index (χ0v) is 10.1. The number of nitrogens with one attached hydrogen (secondary N) is 1. The van der Waals surface area contributed by atoms with E-state index in [1.807, 2.05) is 13.8 Å². The standard InChI is InChI=1S/C11H16N4O2/c1-7(2)15(3)11(17)14-8-4-5-9(10(12)16)13-6-8/h4-7H,1-3H3,(H2,12,16)(H,14,17). The molecule has 0 atom stereocenters. The summed E-state index contributed by atoms with van der Waals surface area (Å²) >= 11 is 0. The molecule has 0 bridgehead atoms. The van der Waals surface area contributed by atoms with Gasteiger partial charge in [0.15, 0.2) is 0 Å². The average molecular weight is 236 g/mol. The van der Waals surface area contributed by atoms with Gasteiger partial charge in [-0.2, -0.15) is 0 Å². The third-order valence-electron chi connectivity index (χ3n) is 2.36. The van der Waals surface area contributed by atoms with Crippen LogP contribution in [0, 0.1) is 0 Å². The van der Waals surface area contributed by atoms with E-state index >= 15 is 0 Å². The Hall–Kier alpha value is -2.11. The van der Waals surface area contributed by atoms with Crippen LogP contribution in [0.1, 0.15) is 24.3 Å². The molecule has 92 valence electrons. The Kier molecular flexibility index (Phi) is 4.03. The van der Waals surface area contributed by atoms with E-state index in [0.29, 0.717) is 5.69 Å². The number of rotatable bonds is 3. The molecule has 0 spiro atoms. The first-order chi connectivity index (χ1) is 7.91. The van der Waals surface area contributed by atoms with E-state index in [1.54, 1.807) is 18.0 Å². The normalized spacial score (nSPS) is 10.1. The Bertz CT molecular complexity index is 414. The van der Waals surface area contributed by atoms with Gasteiger partial charge < -0.3 is 16.0 Å². The van der Waals surface area contributed by atoms with E-state index in [1.165, 1.54) is 12.3 Å². The maximum absolute atomic E-state index is 11.7. The van der Waals surface area contributed by atoms with Crippen LogP contribution in [0.3, 0.4) is 0 Å². The van der Waals surface area contributed by atoms with Crippen LogP contribution in [0.15, 0.2) is 18.3 Å². The Balaban J connectivity index is 2.70. The van der Waals surface area contributed by atoms with Crippen LogP contribution in [0.2, 0.25) is 0 Å². The van der Waals surface area contributed by atoms with Crippen molar-refractivity contribution >= 4 is 17.6 Å². The van der Waals surface area contributed by atoms with Gasteiger partial charge in [0.1, 0.15) is 5.69 Å². The van der Waals surface area contributed by atoms with Crippen LogP contribution in [0.5, 0.6) is 0 Å². The predicted molar refractivity (Wildman–Crippen MR) is 64.7 cm³/mol. The summed E-state index contributed by atoms with van der Waals surface area (Å²) in [5.41, 5.74) is 5.74. The number of amides is 3. The zero-order chi connectivity index (χ0) is 13.0. The van der Waals surface area contributed by atoms with Crippen molar-refractivity contribution in [3.05, 3.63) is 24.0 Å². The highest BCUT2D eigenvalue weighted by atomic mass is 16.2. The summed E-state index contributed by atoms with van der Waals surface area (Å²) in [6, 6.07) is 2.92. The molecule has 0 unspecified atom stereocenters. The van der Waals surface area contributed by atoms with E-state index in [0.717, 1.165) is 0 Å². The molecule has 0 saturated carbocycles. The number of anilines is 1. The van der Waals surface area contributed by atoms with Crippen LogP contribution in [-0.2, 0) is 0 Å². The van der Waals surface area contributed by atoms with Gasteiger partial charge in [-0.1, -0.05) is 0 Å². The molecule has 0 aromatic carbocycles. The first-order valence-corrected chi connectivity index (χ1v) is 5.21. The van der Waals surface area contributed by atoms with Gasteiger partial charge >= 0.3 is 6.03 Å². The van der Waals surface area contributed by atoms with E-state index in [9.17, 15) is 9.59 Å². The molecule has 1 aromatic rings. The molecular formula is C11H16N4O2. The minimum atomic E-state index is -0.595. The van der Waals surface area contributed by atoms with E-state index in [-0.39, 0.29) is 17.8 Å². The number of hydrogen-bond donors (Lipinski definition) is 2. The quantitative estimate of drug-likeness (QED) is 0.822. The smallest absolute Gasteiger partial charge is 0.321 e. The summed E-state index contributed by atoms with van der Waals surface area (Å²) in [7, 11) is 1.70. The van der Waals surface area contributed by atoms with Gasteiger partial charge in [0.2, 0.25) is 0 Å². The summed E-state index contributed by atoms with van der Waals surface area (Å²) in [4.78, 5) is 27.8. The molecule has 1 rings (SSSR count). The Morgan fingerprint density at radius 1 is 1.41 bits per heavy atom. The summed E-state index contributed by atoms with van der Waals surface area (Å²) in [5, 5.41) is 2.66. The van der Waals surface area contributed by atoms with Crippen molar-refractivity contribution in [2.75, 3.05) is 12.4 Å². The third kappa shape index (κ3) is 3.44. The van der Waals surface area contributed by atoms with E-state index < -0.39 is 5.91 Å². The van der Waals surface area contributed by atoms with Crippen LogP contribution in [0.4, 0.5) is 10.5 Å². The minimum Gasteiger partial charge on any atom is -0.364 e. The van der Waals surface area contributed by atoms with Gasteiger partial charge in [-0.15, -0.1) is 0 Å². The molecule has 6 nitrogen and oxygen atoms in total. The summed E-state index contributed by atoms with van der Waals surface area (Å²) < 4.78 is 0. The van der Waals surface area contributed by atoms with E-state index in [4.69, 9.17) is 5.73 Å². The second-order valence-electron chi connectivity index (χ2n) is 3.93. The Morgan fingerprint density at radius 3 is 2.47 bits per heavy atom. The lowest BCUT2D eigenvalue weighted by atomic mass is 10.3. The number of hydrogen-bond acceptors (Lipinski definition) is 3. The van der Waals surface area contributed by atoms with Crippen molar-refractivity contribution in [2.45, 2.75) is 19.9 Å². The van der Waals surface area contributed by atoms with Gasteiger partial charge in [0, 0.05) is 13.1 Å². The number of nitrogens with zero attached hydrogens (tertiary/aromatic N) is 2. The highest BCUT2D eigenvalue weighted by molar-refractivity contribution is 5.92. The lowest BCUT2D eigenvalue weighted by molar-refractivity contribution is 0.0995. The molecule has 3 N–H and O–H groups in total. The second-order valence-corrected chi connectivity index (χ2v) is 3.93. The molecule has 0 radical (unpaired) electrons. The maximum atomic E-state index is 11.7. The molecule has 3 amide bonds. The average Bonchev–Trinajstić information content (AvgIpc) is 2.28. The number of carbonyl (C=O) groups excluding carboxylic acids is 2. The Morgan fingerprint density at radius 2 is 2.06 bits per heavy atom. The second kappa shape index (κ2) is 5.29. The minimum absolute atomic E-state index is 0.104. The maximum Gasteiger partial charge on any atom is 0.321 e. The number of carbonyl (C=O) groups is 2. The number of aromatic nitrogens is 1. The molecule has 0 aliphatic carbocycles. The Labute approximate surface area is 99.8 Å². The van der Waals surface area contributed by atoms with Crippen molar-refractivity contribution in [2.24, 2.45) is 5.73 Å². The highest BCUT2D eigenvalue weighted by Crippen LogP contribution is 2.07. The van der Waals surface area contributed by atoms with Crippen molar-refractivity contribution in [3.63, 3.8) is 0 Å². The van der Waals surface area contributed by atoms with Gasteiger partial charge in [0.25, 0.3) is 5.91 Å². The van der Waals surface area contributed by atoms with Crippen LogP contribution in [-0.4, -0.2) is 34.9 Å². The summed E-state index contributed by atoms with van der Waals surface area (Å²) in [6.07, 6.45) is 1.40. The van der Waals surface area contributed by atoms with Crippen molar-refractivity contribution in [1.29, 1.82) is 0 Å². The molecule has 6 heteroatoms. The van der Waals surface area contributed by atoms with Gasteiger partial charge in [-0.05, 0) is 26.0 Å². The van der Waals surface area contributed by atoms with Crippen LogP contribution in [0.25, 0.3) is 0 Å². The van der Waals surface area contributed by atoms with Crippen molar-refractivity contribution in [3.8, 4) is 0 Å². The van der Waals surface area contributed by atoms with Crippen LogP contribution < -0.4 is 11.1 Å². The molecular weight excluding hydrogens is 220 g/mol.